The molecule has 4 N–H and O–H groups in total. The van der Waals surface area contributed by atoms with E-state index in [-0.39, 0.29) is 50.0 Å². The Balaban J connectivity index is 0.000000184. The molecule has 0 saturated heterocycles. The van der Waals surface area contributed by atoms with Crippen LogP contribution in [0.4, 0.5) is 49.9 Å². The summed E-state index contributed by atoms with van der Waals surface area (Å²) in [6, 6.07) is 24.4. The van der Waals surface area contributed by atoms with Crippen LogP contribution in [0, 0.1) is 23.3 Å². The van der Waals surface area contributed by atoms with Gasteiger partial charge in [0.1, 0.15) is 23.3 Å². The van der Waals surface area contributed by atoms with Gasteiger partial charge in [0.05, 0.1) is 38.2 Å². The summed E-state index contributed by atoms with van der Waals surface area (Å²) in [4.78, 5) is 66.6. The molecule has 2 heterocycles. The number of aromatic nitrogens is 4. The zero-order valence-electron chi connectivity index (χ0n) is 31.1. The SMILES string of the molecule is O=C(Nc1ccc(F)c(Cl)c1)Nc1ccc(F)c(C(=O)c2ccc3nccnc3c2)c1.O=C(Nc1cccc(F)c1)Nc1ccc(F)c(C(=O)c2ccc3nccnc3c2)c1. The molecule has 8 rings (SSSR count). The van der Waals surface area contributed by atoms with Gasteiger partial charge in [0.2, 0.25) is 0 Å². The van der Waals surface area contributed by atoms with Crippen LogP contribution in [0.1, 0.15) is 31.8 Å². The Kier molecular flexibility index (Phi) is 12.3. The first-order chi connectivity index (χ1) is 29.4. The number of carbonyl (C=O) groups is 4. The van der Waals surface area contributed by atoms with Gasteiger partial charge in [-0.2, -0.15) is 0 Å². The van der Waals surface area contributed by atoms with E-state index in [0.29, 0.717) is 22.1 Å². The quantitative estimate of drug-likeness (QED) is 0.0866. The monoisotopic (exact) mass is 842 g/mol. The van der Waals surface area contributed by atoms with Gasteiger partial charge < -0.3 is 21.3 Å². The predicted molar refractivity (Wildman–Crippen MR) is 222 cm³/mol. The summed E-state index contributed by atoms with van der Waals surface area (Å²) in [5.74, 6) is -3.71. The maximum Gasteiger partial charge on any atom is 0.323 e. The van der Waals surface area contributed by atoms with Gasteiger partial charge in [-0.1, -0.05) is 17.7 Å². The number of fused-ring (bicyclic) bond motifs is 2. The highest BCUT2D eigenvalue weighted by molar-refractivity contribution is 6.31. The molecule has 0 aliphatic carbocycles. The van der Waals surface area contributed by atoms with E-state index in [1.165, 1.54) is 104 Å². The number of rotatable bonds is 8. The lowest BCUT2D eigenvalue weighted by molar-refractivity contribution is 0.102. The van der Waals surface area contributed by atoms with Crippen LogP contribution in [-0.2, 0) is 0 Å². The van der Waals surface area contributed by atoms with E-state index in [9.17, 15) is 36.7 Å². The number of hydrogen-bond acceptors (Lipinski definition) is 8. The van der Waals surface area contributed by atoms with Gasteiger partial charge in [-0.15, -0.1) is 0 Å². The normalized spacial score (nSPS) is 10.6. The molecule has 0 unspecified atom stereocenters. The number of nitrogens with one attached hydrogen (secondary N) is 4. The smallest absolute Gasteiger partial charge is 0.308 e. The average molecular weight is 843 g/mol. The standard InChI is InChI=1S/C22H13ClF2N4O2.C22H14F2N4O2/c23-16-11-14(3-5-18(16)25)29-22(31)28-13-2-4-17(24)15(10-13)21(30)12-1-6-19-20(9-12)27-8-7-26-19;23-14-2-1-3-15(11-14)27-22(30)28-16-5-6-18(24)17(12-16)21(29)13-4-7-19-20(10-13)26-9-8-25-19/h1-11H,(H2,28,29,31);1-12H,(H2,27,28,30). The van der Waals surface area contributed by atoms with Crippen LogP contribution in [0.5, 0.6) is 0 Å². The minimum absolute atomic E-state index is 0.146. The van der Waals surface area contributed by atoms with Crippen LogP contribution in [0.2, 0.25) is 5.02 Å². The second-order valence-corrected chi connectivity index (χ2v) is 13.3. The maximum absolute atomic E-state index is 14.4. The molecule has 0 spiro atoms. The number of ketones is 2. The number of hydrogen-bond donors (Lipinski definition) is 4. The van der Waals surface area contributed by atoms with E-state index in [4.69, 9.17) is 11.6 Å². The van der Waals surface area contributed by atoms with Gasteiger partial charge in [-0.25, -0.2) is 27.2 Å². The zero-order valence-corrected chi connectivity index (χ0v) is 31.8. The number of amides is 4. The van der Waals surface area contributed by atoms with Crippen molar-refractivity contribution in [1.82, 2.24) is 19.9 Å². The van der Waals surface area contributed by atoms with Crippen LogP contribution in [0.15, 0.2) is 140 Å². The predicted octanol–water partition coefficient (Wildman–Crippen LogP) is 10.2. The van der Waals surface area contributed by atoms with E-state index >= 15 is 0 Å². The topological polar surface area (TPSA) is 168 Å². The lowest BCUT2D eigenvalue weighted by Gasteiger charge is -2.10. The van der Waals surface area contributed by atoms with E-state index < -0.39 is 46.9 Å². The lowest BCUT2D eigenvalue weighted by atomic mass is 10.0. The Morgan fingerprint density at radius 2 is 0.836 bits per heavy atom. The van der Waals surface area contributed by atoms with E-state index in [2.05, 4.69) is 41.2 Å². The van der Waals surface area contributed by atoms with Crippen molar-refractivity contribution in [1.29, 1.82) is 0 Å². The van der Waals surface area contributed by atoms with E-state index in [0.717, 1.165) is 24.3 Å². The fourth-order valence-electron chi connectivity index (χ4n) is 5.80. The first-order valence-electron chi connectivity index (χ1n) is 17.9. The minimum Gasteiger partial charge on any atom is -0.308 e. The summed E-state index contributed by atoms with van der Waals surface area (Å²) >= 11 is 5.69. The van der Waals surface area contributed by atoms with E-state index in [1.54, 1.807) is 12.1 Å². The second-order valence-electron chi connectivity index (χ2n) is 12.9. The second kappa shape index (κ2) is 18.2. The summed E-state index contributed by atoms with van der Waals surface area (Å²) in [6.45, 7) is 0. The summed E-state index contributed by atoms with van der Waals surface area (Å²) in [7, 11) is 0. The van der Waals surface area contributed by atoms with Gasteiger partial charge >= 0.3 is 12.1 Å². The van der Waals surface area contributed by atoms with Crippen molar-refractivity contribution in [3.8, 4) is 0 Å². The van der Waals surface area contributed by atoms with Crippen LogP contribution in [0.3, 0.4) is 0 Å². The lowest BCUT2D eigenvalue weighted by Crippen LogP contribution is -2.20. The number of carbonyl (C=O) groups excluding carboxylic acids is 4. The highest BCUT2D eigenvalue weighted by Gasteiger charge is 2.18. The maximum atomic E-state index is 14.4. The highest BCUT2D eigenvalue weighted by atomic mass is 35.5. The van der Waals surface area contributed by atoms with Gasteiger partial charge in [0, 0.05) is 58.7 Å². The van der Waals surface area contributed by atoms with Crippen molar-refractivity contribution < 1.29 is 36.7 Å². The molecular formula is C44H27ClF4N8O4. The Morgan fingerprint density at radius 1 is 0.426 bits per heavy atom. The van der Waals surface area contributed by atoms with Crippen molar-refractivity contribution in [2.75, 3.05) is 21.3 Å². The number of anilines is 4. The molecule has 0 aliphatic rings. The summed E-state index contributed by atoms with van der Waals surface area (Å²) < 4.78 is 55.2. The zero-order chi connectivity index (χ0) is 43.0. The third-order valence-electron chi connectivity index (χ3n) is 8.66. The first-order valence-corrected chi connectivity index (χ1v) is 18.2. The van der Waals surface area contributed by atoms with Gasteiger partial charge in [-0.05, 0) is 109 Å². The van der Waals surface area contributed by atoms with Gasteiger partial charge in [0.25, 0.3) is 0 Å². The van der Waals surface area contributed by atoms with E-state index in [1.807, 2.05) is 0 Å². The van der Waals surface area contributed by atoms with Gasteiger partial charge in [-0.3, -0.25) is 29.5 Å². The van der Waals surface area contributed by atoms with Crippen molar-refractivity contribution in [2.45, 2.75) is 0 Å². The van der Waals surface area contributed by atoms with Crippen LogP contribution < -0.4 is 21.3 Å². The third kappa shape index (κ3) is 10.1. The molecule has 17 heteroatoms. The van der Waals surface area contributed by atoms with Gasteiger partial charge in [0.15, 0.2) is 11.6 Å². The van der Waals surface area contributed by atoms with Crippen molar-refractivity contribution >= 4 is 80.0 Å². The Labute approximate surface area is 347 Å². The molecule has 0 fully saturated rings. The molecule has 6 aromatic carbocycles. The average Bonchev–Trinajstić information content (AvgIpc) is 3.25. The molecule has 61 heavy (non-hydrogen) atoms. The molecule has 302 valence electrons. The van der Waals surface area contributed by atoms with Crippen LogP contribution in [-0.4, -0.2) is 43.6 Å². The molecule has 0 radical (unpaired) electrons. The number of nitrogens with zero attached hydrogens (tertiary/aromatic N) is 4. The fourth-order valence-corrected chi connectivity index (χ4v) is 5.98. The van der Waals surface area contributed by atoms with Crippen molar-refractivity contribution in [3.05, 3.63) is 191 Å². The molecule has 4 amide bonds. The molecule has 0 bridgehead atoms. The highest BCUT2D eigenvalue weighted by Crippen LogP contribution is 2.24. The van der Waals surface area contributed by atoms with Crippen molar-refractivity contribution in [2.24, 2.45) is 0 Å². The number of urea groups is 2. The summed E-state index contributed by atoms with van der Waals surface area (Å²) in [6.07, 6.45) is 6.06. The Bertz CT molecular complexity index is 3010. The van der Waals surface area contributed by atoms with Crippen LogP contribution in [0.25, 0.3) is 22.1 Å². The van der Waals surface area contributed by atoms with Crippen molar-refractivity contribution in [3.63, 3.8) is 0 Å². The first kappa shape index (κ1) is 41.1. The molecule has 8 aromatic rings. The van der Waals surface area contributed by atoms with Crippen LogP contribution >= 0.6 is 11.6 Å². The molecule has 0 aliphatic heterocycles. The Morgan fingerprint density at radius 3 is 1.28 bits per heavy atom. The largest absolute Gasteiger partial charge is 0.323 e. The Hall–Kier alpha value is -8.11. The summed E-state index contributed by atoms with van der Waals surface area (Å²) in [5.41, 5.74) is 3.18. The molecule has 0 saturated carbocycles. The summed E-state index contributed by atoms with van der Waals surface area (Å²) in [5, 5.41) is 9.79. The number of halogens is 5. The molecule has 0 atom stereocenters. The molecule has 2 aromatic heterocycles. The minimum atomic E-state index is -0.736. The fraction of sp³-hybridized carbons (Fsp3) is 0. The number of benzene rings is 6. The molecular weight excluding hydrogens is 816 g/mol. The molecule has 12 nitrogen and oxygen atoms in total. The third-order valence-corrected chi connectivity index (χ3v) is 8.95.